The van der Waals surface area contributed by atoms with Crippen molar-refractivity contribution in [1.29, 1.82) is 0 Å². The van der Waals surface area contributed by atoms with Gasteiger partial charge in [-0.15, -0.1) is 9.90 Å². The number of hydrogen-bond acceptors (Lipinski definition) is 6. The van der Waals surface area contributed by atoms with Crippen molar-refractivity contribution >= 4 is 19.2 Å². The first-order valence-corrected chi connectivity index (χ1v) is 9.25. The van der Waals surface area contributed by atoms with Crippen molar-refractivity contribution in [2.75, 3.05) is 20.3 Å². The molecule has 0 N–H and O–H groups in total. The maximum Gasteiger partial charge on any atom is 0.335 e. The van der Waals surface area contributed by atoms with Crippen LogP contribution in [0.2, 0.25) is 5.02 Å². The molecule has 0 saturated carbocycles. The van der Waals surface area contributed by atoms with Gasteiger partial charge < -0.3 is 13.8 Å². The first-order valence-electron chi connectivity index (χ1n) is 7.14. The van der Waals surface area contributed by atoms with Gasteiger partial charge in [0.2, 0.25) is 0 Å². The van der Waals surface area contributed by atoms with Crippen LogP contribution in [0.4, 0.5) is 0 Å². The van der Waals surface area contributed by atoms with Crippen LogP contribution in [0.15, 0.2) is 24.4 Å². The lowest BCUT2D eigenvalue weighted by atomic mass is 10.2. The third-order valence-electron chi connectivity index (χ3n) is 2.96. The van der Waals surface area contributed by atoms with Gasteiger partial charge in [-0.1, -0.05) is 11.6 Å². The Morgan fingerprint density at radius 1 is 1.26 bits per heavy atom. The van der Waals surface area contributed by atoms with Gasteiger partial charge in [0.25, 0.3) is 5.88 Å². The summed E-state index contributed by atoms with van der Waals surface area (Å²) in [7, 11) is -1.72. The molecule has 0 radical (unpaired) electrons. The molecule has 2 aromatic rings. The van der Waals surface area contributed by atoms with E-state index in [1.807, 2.05) is 0 Å². The van der Waals surface area contributed by atoms with Crippen LogP contribution >= 0.6 is 19.2 Å². The van der Waals surface area contributed by atoms with E-state index in [-0.39, 0.29) is 6.16 Å². The van der Waals surface area contributed by atoms with E-state index >= 15 is 0 Å². The third-order valence-corrected chi connectivity index (χ3v) is 5.36. The highest BCUT2D eigenvalue weighted by molar-refractivity contribution is 7.53. The van der Waals surface area contributed by atoms with Gasteiger partial charge in [0.05, 0.1) is 32.2 Å². The molecule has 7 nitrogen and oxygen atoms in total. The molecule has 9 heteroatoms. The van der Waals surface area contributed by atoms with Crippen molar-refractivity contribution in [3.63, 3.8) is 0 Å². The molecule has 0 unspecified atom stereocenters. The molecule has 0 bridgehead atoms. The van der Waals surface area contributed by atoms with Crippen LogP contribution in [-0.2, 0) is 19.8 Å². The van der Waals surface area contributed by atoms with Gasteiger partial charge >= 0.3 is 7.60 Å². The molecule has 1 aromatic heterocycles. The van der Waals surface area contributed by atoms with Gasteiger partial charge in [0.15, 0.2) is 0 Å². The lowest BCUT2D eigenvalue weighted by molar-refractivity contribution is 0.219. The molecule has 0 fully saturated rings. The highest BCUT2D eigenvalue weighted by Gasteiger charge is 2.25. The normalized spacial score (nSPS) is 11.7. The van der Waals surface area contributed by atoms with Gasteiger partial charge in [-0.25, -0.2) is 0 Å². The number of rotatable bonds is 8. The largest absolute Gasteiger partial charge is 0.479 e. The van der Waals surface area contributed by atoms with Crippen molar-refractivity contribution < 1.29 is 18.3 Å². The van der Waals surface area contributed by atoms with Crippen molar-refractivity contribution in [3.8, 4) is 11.6 Å². The van der Waals surface area contributed by atoms with Gasteiger partial charge in [0.1, 0.15) is 6.20 Å². The molecule has 0 atom stereocenters. The fourth-order valence-corrected chi connectivity index (χ4v) is 4.00. The van der Waals surface area contributed by atoms with Gasteiger partial charge in [-0.2, -0.15) is 5.10 Å². The second-order valence-corrected chi connectivity index (χ2v) is 7.02. The predicted molar refractivity (Wildman–Crippen MR) is 87.5 cm³/mol. The first-order chi connectivity index (χ1) is 11.0. The molecule has 0 amide bonds. The first kappa shape index (κ1) is 17.9. The Morgan fingerprint density at radius 2 is 1.96 bits per heavy atom. The lowest BCUT2D eigenvalue weighted by Gasteiger charge is -2.18. The van der Waals surface area contributed by atoms with Crippen molar-refractivity contribution in [1.82, 2.24) is 15.0 Å². The van der Waals surface area contributed by atoms with Crippen molar-refractivity contribution in [2.24, 2.45) is 0 Å². The number of methoxy groups -OCH3 is 1. The van der Waals surface area contributed by atoms with Gasteiger partial charge in [-0.3, -0.25) is 4.57 Å². The SMILES string of the molecule is CCOP(=O)(Cc1cc(-n2ncc(OC)n2)ccc1Cl)OCC. The minimum atomic E-state index is -3.24. The van der Waals surface area contributed by atoms with Crippen molar-refractivity contribution in [2.45, 2.75) is 20.0 Å². The number of hydrogen-bond donors (Lipinski definition) is 0. The van der Waals surface area contributed by atoms with Crippen LogP contribution < -0.4 is 4.74 Å². The number of benzene rings is 1. The van der Waals surface area contributed by atoms with Crippen LogP contribution in [0.3, 0.4) is 0 Å². The molecule has 0 saturated heterocycles. The van der Waals surface area contributed by atoms with Gasteiger partial charge in [0, 0.05) is 5.02 Å². The molecule has 0 aliphatic heterocycles. The summed E-state index contributed by atoms with van der Waals surface area (Å²) in [6.45, 7) is 4.13. The highest BCUT2D eigenvalue weighted by Crippen LogP contribution is 2.52. The second-order valence-electron chi connectivity index (χ2n) is 4.56. The Morgan fingerprint density at radius 3 is 2.52 bits per heavy atom. The average Bonchev–Trinajstić information content (AvgIpc) is 2.99. The maximum absolute atomic E-state index is 12.7. The molecule has 1 aromatic carbocycles. The molecule has 1 heterocycles. The highest BCUT2D eigenvalue weighted by atomic mass is 35.5. The second kappa shape index (κ2) is 7.93. The van der Waals surface area contributed by atoms with E-state index in [9.17, 15) is 4.57 Å². The molecule has 0 spiro atoms. The molecule has 23 heavy (non-hydrogen) atoms. The summed E-state index contributed by atoms with van der Waals surface area (Å²) >= 11 is 6.22. The minimum absolute atomic E-state index is 0.0831. The molecule has 0 aliphatic carbocycles. The van der Waals surface area contributed by atoms with Crippen molar-refractivity contribution in [3.05, 3.63) is 35.0 Å². The fourth-order valence-electron chi connectivity index (χ4n) is 2.00. The summed E-state index contributed by atoms with van der Waals surface area (Å²) in [4.78, 5) is 1.41. The standard InChI is InChI=1S/C14H19ClN3O4P/c1-4-21-23(19,22-5-2)10-11-8-12(6-7-13(11)15)18-16-9-14(17-18)20-3/h6-9H,4-5,10H2,1-3H3. The number of nitrogens with zero attached hydrogens (tertiary/aromatic N) is 3. The summed E-state index contributed by atoms with van der Waals surface area (Å²) in [6, 6.07) is 5.22. The van der Waals surface area contributed by atoms with Gasteiger partial charge in [-0.05, 0) is 37.6 Å². The zero-order valence-corrected chi connectivity index (χ0v) is 14.9. The van der Waals surface area contributed by atoms with Crippen LogP contribution in [0.1, 0.15) is 19.4 Å². The molecular formula is C14H19ClN3O4P. The van der Waals surface area contributed by atoms with E-state index in [0.29, 0.717) is 35.4 Å². The summed E-state index contributed by atoms with van der Waals surface area (Å²) < 4.78 is 28.3. The Kier molecular flexibility index (Phi) is 6.18. The fraction of sp³-hybridized carbons (Fsp3) is 0.429. The molecule has 0 aliphatic rings. The third kappa shape index (κ3) is 4.54. The summed E-state index contributed by atoms with van der Waals surface area (Å²) in [5.41, 5.74) is 1.32. The van der Waals surface area contributed by atoms with E-state index in [2.05, 4.69) is 10.2 Å². The maximum atomic E-state index is 12.7. The quantitative estimate of drug-likeness (QED) is 0.669. The van der Waals surface area contributed by atoms with E-state index in [0.717, 1.165) is 0 Å². The van der Waals surface area contributed by atoms with E-state index in [1.54, 1.807) is 32.0 Å². The van der Waals surface area contributed by atoms with E-state index < -0.39 is 7.60 Å². The number of ether oxygens (including phenoxy) is 1. The molecule has 2 rings (SSSR count). The minimum Gasteiger partial charge on any atom is -0.479 e. The Bertz CT molecular complexity index is 697. The summed E-state index contributed by atoms with van der Waals surface area (Å²) in [5.74, 6) is 0.399. The van der Waals surface area contributed by atoms with E-state index in [4.69, 9.17) is 25.4 Å². The van der Waals surface area contributed by atoms with E-state index in [1.165, 1.54) is 18.1 Å². The Labute approximate surface area is 140 Å². The average molecular weight is 360 g/mol. The monoisotopic (exact) mass is 359 g/mol. The smallest absolute Gasteiger partial charge is 0.335 e. The zero-order chi connectivity index (χ0) is 16.9. The number of aromatic nitrogens is 3. The molecular weight excluding hydrogens is 341 g/mol. The van der Waals surface area contributed by atoms with Crippen LogP contribution in [-0.4, -0.2) is 35.3 Å². The summed E-state index contributed by atoms with van der Waals surface area (Å²) in [6.07, 6.45) is 1.58. The zero-order valence-electron chi connectivity index (χ0n) is 13.2. The Balaban J connectivity index is 2.31. The topological polar surface area (TPSA) is 75.5 Å². The molecule has 126 valence electrons. The van der Waals surface area contributed by atoms with Crippen LogP contribution in [0.25, 0.3) is 5.69 Å². The van der Waals surface area contributed by atoms with Crippen LogP contribution in [0, 0.1) is 0 Å². The Hall–Kier alpha value is -1.40. The van der Waals surface area contributed by atoms with Crippen LogP contribution in [0.5, 0.6) is 5.88 Å². The summed E-state index contributed by atoms with van der Waals surface area (Å²) in [5, 5.41) is 8.73. The number of halogens is 1. The lowest BCUT2D eigenvalue weighted by Crippen LogP contribution is -2.03. The predicted octanol–water partition coefficient (Wildman–Crippen LogP) is 3.70.